The molecule has 1 N–H and O–H groups in total. The number of ether oxygens (including phenoxy) is 1. The van der Waals surface area contributed by atoms with Gasteiger partial charge in [-0.25, -0.2) is 0 Å². The zero-order valence-electron chi connectivity index (χ0n) is 9.66. The third kappa shape index (κ3) is 3.97. The molecule has 1 heterocycles. The predicted molar refractivity (Wildman–Crippen MR) is 62.3 cm³/mol. The predicted octanol–water partition coefficient (Wildman–Crippen LogP) is 0.511. The number of nitrogens with one attached hydrogen (secondary N) is 1. The number of rotatable bonds is 4. The number of carbonyl (C=O) groups is 1. The van der Waals surface area contributed by atoms with E-state index in [2.05, 4.69) is 5.32 Å². The molecule has 0 aromatic carbocycles. The first-order valence-corrected chi connectivity index (χ1v) is 5.14. The molecule has 0 bridgehead atoms. The van der Waals surface area contributed by atoms with Crippen LogP contribution in [0, 0.1) is 5.92 Å². The van der Waals surface area contributed by atoms with Crippen molar-refractivity contribution in [2.24, 2.45) is 5.92 Å². The number of nitrogens with zero attached hydrogens (tertiary/aromatic N) is 1. The second-order valence-electron chi connectivity index (χ2n) is 3.91. The first kappa shape index (κ1) is 14.7. The van der Waals surface area contributed by atoms with Crippen molar-refractivity contribution in [2.45, 2.75) is 19.4 Å². The van der Waals surface area contributed by atoms with Crippen LogP contribution in [0.1, 0.15) is 13.3 Å². The number of halogens is 1. The fourth-order valence-corrected chi connectivity index (χ4v) is 1.83. The van der Waals surface area contributed by atoms with Crippen LogP contribution in [0.4, 0.5) is 0 Å². The van der Waals surface area contributed by atoms with Gasteiger partial charge in [0.05, 0.1) is 12.5 Å². The van der Waals surface area contributed by atoms with Gasteiger partial charge in [0.1, 0.15) is 0 Å². The molecule has 5 heteroatoms. The van der Waals surface area contributed by atoms with E-state index in [1.165, 1.54) is 0 Å². The Labute approximate surface area is 97.8 Å². The molecule has 2 atom stereocenters. The summed E-state index contributed by atoms with van der Waals surface area (Å²) in [6, 6.07) is 0.466. The first-order chi connectivity index (χ1) is 6.69. The summed E-state index contributed by atoms with van der Waals surface area (Å²) >= 11 is 0. The molecule has 0 spiro atoms. The van der Waals surface area contributed by atoms with Gasteiger partial charge in [-0.05, 0) is 13.5 Å². The Bertz CT molecular complexity index is 202. The van der Waals surface area contributed by atoms with Crippen LogP contribution >= 0.6 is 12.4 Å². The average Bonchev–Trinajstić information content (AvgIpc) is 2.65. The van der Waals surface area contributed by atoms with Gasteiger partial charge in [-0.2, -0.15) is 0 Å². The van der Waals surface area contributed by atoms with E-state index in [9.17, 15) is 4.79 Å². The minimum atomic E-state index is -0.0180. The highest BCUT2D eigenvalue weighted by Gasteiger charge is 2.27. The van der Waals surface area contributed by atoms with Gasteiger partial charge in [0.2, 0.25) is 5.91 Å². The van der Waals surface area contributed by atoms with Crippen LogP contribution in [0.5, 0.6) is 0 Å². The normalized spacial score (nSPS) is 22.3. The molecular weight excluding hydrogens is 216 g/mol. The van der Waals surface area contributed by atoms with Crippen LogP contribution in [-0.2, 0) is 9.53 Å². The molecule has 1 saturated heterocycles. The van der Waals surface area contributed by atoms with Crippen molar-refractivity contribution in [2.75, 3.05) is 33.9 Å². The number of likely N-dealkylation sites (N-methyl/N-ethyl adjacent to an activating group) is 1. The number of likely N-dealkylation sites (tertiary alicyclic amines) is 1. The zero-order valence-corrected chi connectivity index (χ0v) is 10.5. The standard InChI is InChI=1S/C10H20N2O2.ClH/c1-8(7-14-3)10(13)12-5-4-9(6-12)11-2;/h8-9,11H,4-7H2,1-3H3;1H. The topological polar surface area (TPSA) is 41.6 Å². The molecule has 0 aliphatic carbocycles. The van der Waals surface area contributed by atoms with Gasteiger partial charge in [0.25, 0.3) is 0 Å². The maximum atomic E-state index is 11.8. The van der Waals surface area contributed by atoms with E-state index in [0.29, 0.717) is 12.6 Å². The molecule has 1 rings (SSSR count). The minimum absolute atomic E-state index is 0. The smallest absolute Gasteiger partial charge is 0.227 e. The second-order valence-corrected chi connectivity index (χ2v) is 3.91. The van der Waals surface area contributed by atoms with Crippen LogP contribution in [0.15, 0.2) is 0 Å². The van der Waals surface area contributed by atoms with Gasteiger partial charge in [-0.15, -0.1) is 12.4 Å². The zero-order chi connectivity index (χ0) is 10.6. The van der Waals surface area contributed by atoms with E-state index in [-0.39, 0.29) is 24.2 Å². The highest BCUT2D eigenvalue weighted by Crippen LogP contribution is 2.12. The number of carbonyl (C=O) groups excluding carboxylic acids is 1. The lowest BCUT2D eigenvalue weighted by molar-refractivity contribution is -0.135. The fraction of sp³-hybridized carbons (Fsp3) is 0.900. The van der Waals surface area contributed by atoms with E-state index in [4.69, 9.17) is 4.74 Å². The highest BCUT2D eigenvalue weighted by molar-refractivity contribution is 5.85. The molecule has 4 nitrogen and oxygen atoms in total. The third-order valence-corrected chi connectivity index (χ3v) is 2.75. The van der Waals surface area contributed by atoms with Gasteiger partial charge in [-0.1, -0.05) is 6.92 Å². The van der Waals surface area contributed by atoms with Crippen LogP contribution < -0.4 is 5.32 Å². The molecule has 0 aromatic rings. The van der Waals surface area contributed by atoms with E-state index in [1.807, 2.05) is 18.9 Å². The summed E-state index contributed by atoms with van der Waals surface area (Å²) in [6.45, 7) is 4.14. The maximum Gasteiger partial charge on any atom is 0.227 e. The van der Waals surface area contributed by atoms with Crippen molar-refractivity contribution in [1.82, 2.24) is 10.2 Å². The van der Waals surface area contributed by atoms with Crippen molar-refractivity contribution >= 4 is 18.3 Å². The second kappa shape index (κ2) is 7.04. The number of hydrogen-bond acceptors (Lipinski definition) is 3. The summed E-state index contributed by atoms with van der Waals surface area (Å²) in [5.74, 6) is 0.195. The van der Waals surface area contributed by atoms with Gasteiger partial charge < -0.3 is 15.0 Å². The summed E-state index contributed by atoms with van der Waals surface area (Å²) in [5, 5.41) is 3.19. The average molecular weight is 237 g/mol. The summed E-state index contributed by atoms with van der Waals surface area (Å²) in [7, 11) is 3.57. The van der Waals surface area contributed by atoms with E-state index in [1.54, 1.807) is 7.11 Å². The summed E-state index contributed by atoms with van der Waals surface area (Å²) < 4.78 is 4.97. The molecule has 2 unspecified atom stereocenters. The molecule has 15 heavy (non-hydrogen) atoms. The van der Waals surface area contributed by atoms with E-state index in [0.717, 1.165) is 19.5 Å². The monoisotopic (exact) mass is 236 g/mol. The van der Waals surface area contributed by atoms with Gasteiger partial charge in [0, 0.05) is 26.2 Å². The Morgan fingerprint density at radius 1 is 1.67 bits per heavy atom. The molecular formula is C10H21ClN2O2. The Morgan fingerprint density at radius 2 is 2.33 bits per heavy atom. The van der Waals surface area contributed by atoms with E-state index >= 15 is 0 Å². The Hall–Kier alpha value is -0.320. The van der Waals surface area contributed by atoms with Crippen molar-refractivity contribution in [3.63, 3.8) is 0 Å². The lowest BCUT2D eigenvalue weighted by Crippen LogP contribution is -2.37. The molecule has 1 amide bonds. The maximum absolute atomic E-state index is 11.8. The lowest BCUT2D eigenvalue weighted by Gasteiger charge is -2.20. The fourth-order valence-electron chi connectivity index (χ4n) is 1.83. The highest BCUT2D eigenvalue weighted by atomic mass is 35.5. The molecule has 1 fully saturated rings. The van der Waals surface area contributed by atoms with Crippen LogP contribution in [0.3, 0.4) is 0 Å². The van der Waals surface area contributed by atoms with E-state index < -0.39 is 0 Å². The minimum Gasteiger partial charge on any atom is -0.384 e. The van der Waals surface area contributed by atoms with Gasteiger partial charge >= 0.3 is 0 Å². The SMILES string of the molecule is CNC1CCN(C(=O)C(C)COC)C1.Cl. The van der Waals surface area contributed by atoms with Crippen molar-refractivity contribution in [3.8, 4) is 0 Å². The number of methoxy groups -OCH3 is 1. The quantitative estimate of drug-likeness (QED) is 0.774. The van der Waals surface area contributed by atoms with Gasteiger partial charge in [0.15, 0.2) is 0 Å². The molecule has 1 aliphatic heterocycles. The Kier molecular flexibility index (Phi) is 6.89. The molecule has 1 aliphatic rings. The number of amides is 1. The molecule has 0 aromatic heterocycles. The molecule has 90 valence electrons. The van der Waals surface area contributed by atoms with Crippen LogP contribution in [0.25, 0.3) is 0 Å². The summed E-state index contributed by atoms with van der Waals surface area (Å²) in [6.07, 6.45) is 1.06. The van der Waals surface area contributed by atoms with Gasteiger partial charge in [-0.3, -0.25) is 4.79 Å². The molecule has 0 saturated carbocycles. The van der Waals surface area contributed by atoms with Crippen LogP contribution in [0.2, 0.25) is 0 Å². The largest absolute Gasteiger partial charge is 0.384 e. The third-order valence-electron chi connectivity index (χ3n) is 2.75. The van der Waals surface area contributed by atoms with Crippen molar-refractivity contribution in [3.05, 3.63) is 0 Å². The van der Waals surface area contributed by atoms with Crippen molar-refractivity contribution in [1.29, 1.82) is 0 Å². The first-order valence-electron chi connectivity index (χ1n) is 5.14. The summed E-state index contributed by atoms with van der Waals surface area (Å²) in [4.78, 5) is 13.7. The Balaban J connectivity index is 0.00000196. The van der Waals surface area contributed by atoms with Crippen LogP contribution in [-0.4, -0.2) is 50.7 Å². The summed E-state index contributed by atoms with van der Waals surface area (Å²) in [5.41, 5.74) is 0. The van der Waals surface area contributed by atoms with Crippen molar-refractivity contribution < 1.29 is 9.53 Å². The Morgan fingerprint density at radius 3 is 2.80 bits per heavy atom. The molecule has 0 radical (unpaired) electrons. The number of hydrogen-bond donors (Lipinski definition) is 1. The lowest BCUT2D eigenvalue weighted by atomic mass is 10.2.